The van der Waals surface area contributed by atoms with Gasteiger partial charge >= 0.3 is 0 Å². The molecule has 1 aromatic heterocycles. The summed E-state index contributed by atoms with van der Waals surface area (Å²) in [6.45, 7) is 1.53. The number of hydrogen-bond donors (Lipinski definition) is 2. The number of rotatable bonds is 5. The first-order valence-corrected chi connectivity index (χ1v) is 8.64. The molecule has 0 aliphatic heterocycles. The lowest BCUT2D eigenvalue weighted by atomic mass is 9.95. The fourth-order valence-corrected chi connectivity index (χ4v) is 2.96. The number of Topliss-reactive ketones (excluding diaryl/α,β-unsaturated/α-hetero) is 1. The van der Waals surface area contributed by atoms with E-state index in [9.17, 15) is 9.59 Å². The Balaban J connectivity index is 1.59. The van der Waals surface area contributed by atoms with Crippen molar-refractivity contribution in [2.24, 2.45) is 0 Å². The average molecular weight is 338 g/mol. The first-order chi connectivity index (χ1) is 12.1. The van der Waals surface area contributed by atoms with Gasteiger partial charge in [0.15, 0.2) is 17.3 Å². The number of nitrogens with zero attached hydrogens (tertiary/aromatic N) is 2. The summed E-state index contributed by atoms with van der Waals surface area (Å²) in [6, 6.07) is 10.8. The summed E-state index contributed by atoms with van der Waals surface area (Å²) in [5.74, 6) is 0.404. The zero-order valence-electron chi connectivity index (χ0n) is 14.3. The maximum atomic E-state index is 12.2. The minimum atomic E-state index is -0.170. The van der Waals surface area contributed by atoms with Crippen LogP contribution in [0.15, 0.2) is 36.4 Å². The molecule has 6 heteroatoms. The van der Waals surface area contributed by atoms with E-state index in [2.05, 4.69) is 20.8 Å². The lowest BCUT2D eigenvalue weighted by Gasteiger charge is -2.22. The van der Waals surface area contributed by atoms with E-state index in [0.29, 0.717) is 17.1 Å². The van der Waals surface area contributed by atoms with E-state index in [4.69, 9.17) is 0 Å². The number of nitrogens with one attached hydrogen (secondary N) is 2. The molecule has 1 saturated carbocycles. The van der Waals surface area contributed by atoms with Crippen molar-refractivity contribution >= 4 is 23.2 Å². The second-order valence-electron chi connectivity index (χ2n) is 6.37. The number of aromatic nitrogens is 2. The smallest absolute Gasteiger partial charge is 0.272 e. The molecule has 0 atom stereocenters. The molecule has 1 heterocycles. The predicted octanol–water partition coefficient (Wildman–Crippen LogP) is 3.49. The van der Waals surface area contributed by atoms with Crippen LogP contribution in [0.2, 0.25) is 0 Å². The van der Waals surface area contributed by atoms with Crippen molar-refractivity contribution in [3.05, 3.63) is 47.7 Å². The van der Waals surface area contributed by atoms with E-state index in [1.165, 1.54) is 26.2 Å². The Morgan fingerprint density at radius 3 is 2.28 bits per heavy atom. The molecule has 1 fully saturated rings. The molecule has 1 aliphatic rings. The molecule has 2 aromatic rings. The van der Waals surface area contributed by atoms with E-state index < -0.39 is 0 Å². The van der Waals surface area contributed by atoms with Crippen LogP contribution in [0.5, 0.6) is 0 Å². The van der Waals surface area contributed by atoms with Gasteiger partial charge in [0.25, 0.3) is 5.91 Å². The minimum absolute atomic E-state index is 0.0275. The van der Waals surface area contributed by atoms with Crippen molar-refractivity contribution in [3.8, 4) is 0 Å². The molecule has 0 spiro atoms. The van der Waals surface area contributed by atoms with Crippen LogP contribution in [0, 0.1) is 0 Å². The standard InChI is InChI=1S/C19H22N4O2/c1-13(24)14-7-9-16(10-8-14)20-18-12-11-17(22-23-18)19(25)21-15-5-3-2-4-6-15/h7-12,15H,2-6H2,1H3,(H,20,23)(H,21,25). The molecule has 0 bridgehead atoms. The third kappa shape index (κ3) is 4.62. The maximum absolute atomic E-state index is 12.2. The van der Waals surface area contributed by atoms with Gasteiger partial charge in [0.2, 0.25) is 0 Å². The average Bonchev–Trinajstić information content (AvgIpc) is 2.63. The van der Waals surface area contributed by atoms with Crippen molar-refractivity contribution in [2.75, 3.05) is 5.32 Å². The van der Waals surface area contributed by atoms with Gasteiger partial charge in [-0.3, -0.25) is 9.59 Å². The molecule has 3 rings (SSSR count). The van der Waals surface area contributed by atoms with Crippen molar-refractivity contribution in [3.63, 3.8) is 0 Å². The Labute approximate surface area is 147 Å². The van der Waals surface area contributed by atoms with Gasteiger partial charge in [0, 0.05) is 17.3 Å². The number of amides is 1. The molecule has 6 nitrogen and oxygen atoms in total. The molecule has 0 radical (unpaired) electrons. The highest BCUT2D eigenvalue weighted by molar-refractivity contribution is 5.94. The van der Waals surface area contributed by atoms with Gasteiger partial charge in [-0.2, -0.15) is 0 Å². The summed E-state index contributed by atoms with van der Waals surface area (Å²) in [5.41, 5.74) is 1.79. The second kappa shape index (κ2) is 7.88. The summed E-state index contributed by atoms with van der Waals surface area (Å²) in [6.07, 6.45) is 5.66. The lowest BCUT2D eigenvalue weighted by Crippen LogP contribution is -2.36. The van der Waals surface area contributed by atoms with Gasteiger partial charge < -0.3 is 10.6 Å². The molecule has 130 valence electrons. The van der Waals surface area contributed by atoms with Gasteiger partial charge in [-0.1, -0.05) is 19.3 Å². The highest BCUT2D eigenvalue weighted by atomic mass is 16.2. The highest BCUT2D eigenvalue weighted by Gasteiger charge is 2.17. The van der Waals surface area contributed by atoms with Crippen molar-refractivity contribution < 1.29 is 9.59 Å². The van der Waals surface area contributed by atoms with E-state index in [-0.39, 0.29) is 17.7 Å². The third-order valence-electron chi connectivity index (χ3n) is 4.40. The molecule has 2 N–H and O–H groups in total. The Bertz CT molecular complexity index is 735. The van der Waals surface area contributed by atoms with Crippen LogP contribution < -0.4 is 10.6 Å². The van der Waals surface area contributed by atoms with Crippen LogP contribution in [0.1, 0.15) is 59.9 Å². The van der Waals surface area contributed by atoms with Crippen LogP contribution in [-0.2, 0) is 0 Å². The van der Waals surface area contributed by atoms with Gasteiger partial charge in [-0.15, -0.1) is 10.2 Å². The number of hydrogen-bond acceptors (Lipinski definition) is 5. The quantitative estimate of drug-likeness (QED) is 0.815. The van der Waals surface area contributed by atoms with Crippen molar-refractivity contribution in [1.29, 1.82) is 0 Å². The first kappa shape index (κ1) is 17.1. The molecule has 25 heavy (non-hydrogen) atoms. The van der Waals surface area contributed by atoms with Crippen molar-refractivity contribution in [2.45, 2.75) is 45.1 Å². The fourth-order valence-electron chi connectivity index (χ4n) is 2.96. The molecule has 1 amide bonds. The summed E-state index contributed by atoms with van der Waals surface area (Å²) < 4.78 is 0. The number of ketones is 1. The number of carbonyl (C=O) groups excluding carboxylic acids is 2. The van der Waals surface area contributed by atoms with E-state index in [1.807, 2.05) is 12.1 Å². The highest BCUT2D eigenvalue weighted by Crippen LogP contribution is 2.18. The predicted molar refractivity (Wildman–Crippen MR) is 96.1 cm³/mol. The Hall–Kier alpha value is -2.76. The summed E-state index contributed by atoms with van der Waals surface area (Å²) in [7, 11) is 0. The topological polar surface area (TPSA) is 84.0 Å². The minimum Gasteiger partial charge on any atom is -0.348 e. The lowest BCUT2D eigenvalue weighted by molar-refractivity contribution is 0.0921. The van der Waals surface area contributed by atoms with Crippen LogP contribution >= 0.6 is 0 Å². The maximum Gasteiger partial charge on any atom is 0.272 e. The SMILES string of the molecule is CC(=O)c1ccc(Nc2ccc(C(=O)NC3CCCCC3)nn2)cc1. The van der Waals surface area contributed by atoms with E-state index in [0.717, 1.165) is 18.5 Å². The zero-order valence-corrected chi connectivity index (χ0v) is 14.3. The van der Waals surface area contributed by atoms with Crippen molar-refractivity contribution in [1.82, 2.24) is 15.5 Å². The van der Waals surface area contributed by atoms with Gasteiger partial charge in [-0.05, 0) is 56.2 Å². The molecule has 1 aromatic carbocycles. The normalized spacial score (nSPS) is 14.8. The molecular weight excluding hydrogens is 316 g/mol. The summed E-state index contributed by atoms with van der Waals surface area (Å²) >= 11 is 0. The van der Waals surface area contributed by atoms with Crippen LogP contribution in [0.3, 0.4) is 0 Å². The van der Waals surface area contributed by atoms with Gasteiger partial charge in [0.1, 0.15) is 0 Å². The second-order valence-corrected chi connectivity index (χ2v) is 6.37. The van der Waals surface area contributed by atoms with E-state index in [1.54, 1.807) is 24.3 Å². The zero-order chi connectivity index (χ0) is 17.6. The van der Waals surface area contributed by atoms with Crippen LogP contribution in [0.25, 0.3) is 0 Å². The first-order valence-electron chi connectivity index (χ1n) is 8.64. The Morgan fingerprint density at radius 1 is 0.960 bits per heavy atom. The number of carbonyl (C=O) groups is 2. The Morgan fingerprint density at radius 2 is 1.68 bits per heavy atom. The molecule has 0 saturated heterocycles. The van der Waals surface area contributed by atoms with Crippen LogP contribution in [0.4, 0.5) is 11.5 Å². The van der Waals surface area contributed by atoms with Crippen LogP contribution in [-0.4, -0.2) is 27.9 Å². The Kier molecular flexibility index (Phi) is 5.38. The van der Waals surface area contributed by atoms with Gasteiger partial charge in [-0.25, -0.2) is 0 Å². The molecule has 0 unspecified atom stereocenters. The molecule has 1 aliphatic carbocycles. The fraction of sp³-hybridized carbons (Fsp3) is 0.368. The summed E-state index contributed by atoms with van der Waals surface area (Å²) in [5, 5.41) is 14.2. The van der Waals surface area contributed by atoms with E-state index >= 15 is 0 Å². The van der Waals surface area contributed by atoms with Gasteiger partial charge in [0.05, 0.1) is 0 Å². The largest absolute Gasteiger partial charge is 0.348 e. The summed E-state index contributed by atoms with van der Waals surface area (Å²) in [4.78, 5) is 23.5. The molecular formula is C19H22N4O2. The monoisotopic (exact) mass is 338 g/mol. The number of anilines is 2. The third-order valence-corrected chi connectivity index (χ3v) is 4.40. The number of benzene rings is 1.